The number of nitrogens with one attached hydrogen (secondary N) is 1. The molecule has 2 heteroatoms. The normalized spacial score (nSPS) is 25.1. The molecule has 0 saturated heterocycles. The summed E-state index contributed by atoms with van der Waals surface area (Å²) < 4.78 is 13.5. The van der Waals surface area contributed by atoms with Crippen molar-refractivity contribution in [2.75, 3.05) is 0 Å². The van der Waals surface area contributed by atoms with Gasteiger partial charge in [-0.3, -0.25) is 0 Å². The standard InChI is InChI=1S/C27H30FN/c28-23-14-12-21(13-15-23)26-17-19(18-27(26)29-24-9-2-3-10-24)16-22-8-5-7-20-6-1-4-11-25(20)22/h1,4-8,11-15,19,24,26-27,29H,2-3,9-10,16-18H2. The van der Waals surface area contributed by atoms with Crippen LogP contribution in [0.4, 0.5) is 4.39 Å². The molecular weight excluding hydrogens is 357 g/mol. The molecule has 3 atom stereocenters. The summed E-state index contributed by atoms with van der Waals surface area (Å²) in [5.41, 5.74) is 2.76. The highest BCUT2D eigenvalue weighted by Crippen LogP contribution is 2.41. The first-order valence-corrected chi connectivity index (χ1v) is 11.2. The molecule has 0 radical (unpaired) electrons. The van der Waals surface area contributed by atoms with Crippen LogP contribution in [0.1, 0.15) is 55.6 Å². The minimum absolute atomic E-state index is 0.139. The van der Waals surface area contributed by atoms with Gasteiger partial charge in [-0.05, 0) is 78.0 Å². The van der Waals surface area contributed by atoms with Crippen molar-refractivity contribution in [2.45, 2.75) is 62.9 Å². The third kappa shape index (κ3) is 4.09. The molecule has 1 N–H and O–H groups in total. The van der Waals surface area contributed by atoms with Crippen LogP contribution in [0.15, 0.2) is 66.7 Å². The van der Waals surface area contributed by atoms with Crippen LogP contribution in [0.2, 0.25) is 0 Å². The molecule has 0 amide bonds. The van der Waals surface area contributed by atoms with Crippen molar-refractivity contribution in [3.63, 3.8) is 0 Å². The first-order chi connectivity index (χ1) is 14.3. The van der Waals surface area contributed by atoms with E-state index < -0.39 is 0 Å². The molecule has 1 nitrogen and oxygen atoms in total. The Kier molecular flexibility index (Phi) is 5.37. The first-order valence-electron chi connectivity index (χ1n) is 11.2. The molecule has 0 aliphatic heterocycles. The topological polar surface area (TPSA) is 12.0 Å². The summed E-state index contributed by atoms with van der Waals surface area (Å²) in [6.07, 6.45) is 8.83. The maximum absolute atomic E-state index is 13.5. The average Bonchev–Trinajstić information content (AvgIpc) is 3.39. The lowest BCUT2D eigenvalue weighted by Crippen LogP contribution is -2.38. The van der Waals surface area contributed by atoms with Gasteiger partial charge in [0.05, 0.1) is 0 Å². The molecule has 0 heterocycles. The van der Waals surface area contributed by atoms with Crippen molar-refractivity contribution >= 4 is 10.8 Å². The van der Waals surface area contributed by atoms with Crippen LogP contribution in [0.3, 0.4) is 0 Å². The molecule has 3 unspecified atom stereocenters. The van der Waals surface area contributed by atoms with Crippen LogP contribution in [-0.4, -0.2) is 12.1 Å². The Balaban J connectivity index is 1.38. The van der Waals surface area contributed by atoms with E-state index in [2.05, 4.69) is 47.8 Å². The van der Waals surface area contributed by atoms with Gasteiger partial charge in [0.15, 0.2) is 0 Å². The zero-order chi connectivity index (χ0) is 19.6. The molecular formula is C27H30FN. The van der Waals surface area contributed by atoms with Crippen molar-refractivity contribution in [3.05, 3.63) is 83.7 Å². The van der Waals surface area contributed by atoms with Gasteiger partial charge >= 0.3 is 0 Å². The lowest BCUT2D eigenvalue weighted by molar-refractivity contribution is 0.401. The molecule has 3 aromatic carbocycles. The molecule has 3 aromatic rings. The average molecular weight is 388 g/mol. The molecule has 2 aliphatic carbocycles. The summed E-state index contributed by atoms with van der Waals surface area (Å²) >= 11 is 0. The van der Waals surface area contributed by atoms with E-state index in [1.54, 1.807) is 12.1 Å². The molecule has 2 saturated carbocycles. The van der Waals surface area contributed by atoms with Crippen LogP contribution in [0, 0.1) is 11.7 Å². The molecule has 2 aliphatic rings. The fraction of sp³-hybridized carbons (Fsp3) is 0.407. The predicted molar refractivity (Wildman–Crippen MR) is 119 cm³/mol. The molecule has 0 aromatic heterocycles. The van der Waals surface area contributed by atoms with Crippen molar-refractivity contribution in [3.8, 4) is 0 Å². The summed E-state index contributed by atoms with van der Waals surface area (Å²) in [7, 11) is 0. The SMILES string of the molecule is Fc1ccc(C2CC(Cc3cccc4ccccc34)CC2NC2CCCC2)cc1. The summed E-state index contributed by atoms with van der Waals surface area (Å²) in [6.45, 7) is 0. The van der Waals surface area contributed by atoms with Gasteiger partial charge in [-0.2, -0.15) is 0 Å². The molecule has 150 valence electrons. The van der Waals surface area contributed by atoms with Gasteiger partial charge in [0.25, 0.3) is 0 Å². The Morgan fingerprint density at radius 3 is 2.41 bits per heavy atom. The highest BCUT2D eigenvalue weighted by atomic mass is 19.1. The van der Waals surface area contributed by atoms with Crippen LogP contribution in [0.25, 0.3) is 10.8 Å². The number of hydrogen-bond donors (Lipinski definition) is 1. The fourth-order valence-corrected chi connectivity index (χ4v) is 5.75. The lowest BCUT2D eigenvalue weighted by atomic mass is 9.91. The lowest BCUT2D eigenvalue weighted by Gasteiger charge is -2.25. The zero-order valence-corrected chi connectivity index (χ0v) is 17.0. The van der Waals surface area contributed by atoms with Gasteiger partial charge in [-0.15, -0.1) is 0 Å². The van der Waals surface area contributed by atoms with Gasteiger partial charge in [0.2, 0.25) is 0 Å². The quantitative estimate of drug-likeness (QED) is 0.519. The third-order valence-corrected chi connectivity index (χ3v) is 7.15. The number of fused-ring (bicyclic) bond motifs is 1. The summed E-state index contributed by atoms with van der Waals surface area (Å²) in [5.74, 6) is 1.00. The Labute approximate surface area is 173 Å². The zero-order valence-electron chi connectivity index (χ0n) is 17.0. The number of rotatable bonds is 5. The number of hydrogen-bond acceptors (Lipinski definition) is 1. The number of halogens is 1. The minimum atomic E-state index is -0.139. The summed E-state index contributed by atoms with van der Waals surface area (Å²) in [5, 5.41) is 6.72. The highest BCUT2D eigenvalue weighted by molar-refractivity contribution is 5.85. The van der Waals surface area contributed by atoms with E-state index in [0.717, 1.165) is 6.42 Å². The van der Waals surface area contributed by atoms with Gasteiger partial charge in [0, 0.05) is 12.1 Å². The molecule has 2 fully saturated rings. The van der Waals surface area contributed by atoms with E-state index in [0.29, 0.717) is 23.9 Å². The molecule has 0 spiro atoms. The van der Waals surface area contributed by atoms with Gasteiger partial charge < -0.3 is 5.32 Å². The highest BCUT2D eigenvalue weighted by Gasteiger charge is 2.36. The van der Waals surface area contributed by atoms with Crippen LogP contribution >= 0.6 is 0 Å². The summed E-state index contributed by atoms with van der Waals surface area (Å²) in [6, 6.07) is 23.9. The van der Waals surface area contributed by atoms with Crippen LogP contribution < -0.4 is 5.32 Å². The van der Waals surface area contributed by atoms with E-state index >= 15 is 0 Å². The second kappa shape index (κ2) is 8.28. The van der Waals surface area contributed by atoms with Crippen molar-refractivity contribution < 1.29 is 4.39 Å². The van der Waals surface area contributed by atoms with Crippen LogP contribution in [0.5, 0.6) is 0 Å². The Morgan fingerprint density at radius 2 is 1.59 bits per heavy atom. The summed E-state index contributed by atoms with van der Waals surface area (Å²) in [4.78, 5) is 0. The first kappa shape index (κ1) is 18.8. The number of benzene rings is 3. The second-order valence-corrected chi connectivity index (χ2v) is 9.09. The van der Waals surface area contributed by atoms with E-state index in [1.165, 1.54) is 60.4 Å². The van der Waals surface area contributed by atoms with E-state index in [1.807, 2.05) is 12.1 Å². The molecule has 5 rings (SSSR count). The predicted octanol–water partition coefficient (Wildman–Crippen LogP) is 6.62. The minimum Gasteiger partial charge on any atom is -0.311 e. The van der Waals surface area contributed by atoms with Gasteiger partial charge in [-0.25, -0.2) is 4.39 Å². The smallest absolute Gasteiger partial charge is 0.123 e. The monoisotopic (exact) mass is 387 g/mol. The second-order valence-electron chi connectivity index (χ2n) is 9.09. The maximum Gasteiger partial charge on any atom is 0.123 e. The van der Waals surface area contributed by atoms with Gasteiger partial charge in [-0.1, -0.05) is 67.4 Å². The Bertz CT molecular complexity index is 952. The third-order valence-electron chi connectivity index (χ3n) is 7.15. The fourth-order valence-electron chi connectivity index (χ4n) is 5.75. The molecule has 29 heavy (non-hydrogen) atoms. The Morgan fingerprint density at radius 1 is 0.828 bits per heavy atom. The molecule has 0 bridgehead atoms. The van der Waals surface area contributed by atoms with Crippen molar-refractivity contribution in [1.82, 2.24) is 5.32 Å². The largest absolute Gasteiger partial charge is 0.311 e. The van der Waals surface area contributed by atoms with Crippen molar-refractivity contribution in [1.29, 1.82) is 0 Å². The Hall–Kier alpha value is -2.19. The van der Waals surface area contributed by atoms with Crippen molar-refractivity contribution in [2.24, 2.45) is 5.92 Å². The van der Waals surface area contributed by atoms with Crippen LogP contribution in [-0.2, 0) is 6.42 Å². The van der Waals surface area contributed by atoms with E-state index in [9.17, 15) is 4.39 Å². The van der Waals surface area contributed by atoms with E-state index in [4.69, 9.17) is 0 Å². The van der Waals surface area contributed by atoms with Gasteiger partial charge in [0.1, 0.15) is 5.82 Å². The maximum atomic E-state index is 13.5. The van der Waals surface area contributed by atoms with E-state index in [-0.39, 0.29) is 5.82 Å².